The van der Waals surface area contributed by atoms with Crippen LogP contribution in [-0.2, 0) is 0 Å². The minimum Gasteiger partial charge on any atom is -0.393 e. The molecule has 20 heavy (non-hydrogen) atoms. The fraction of sp³-hybridized carbons (Fsp3) is 0.200. The van der Waals surface area contributed by atoms with Gasteiger partial charge in [-0.3, -0.25) is 14.9 Å². The number of amides is 1. The first-order valence-electron chi connectivity index (χ1n) is 5.57. The maximum Gasteiger partial charge on any atom is 0.292 e. The number of hydrogen-bond donors (Lipinski definition) is 3. The standard InChI is InChI=1S/C10H11N7O3/c1-5(9-13-15-16-14-9)12-10(18)6-3-2-4-7(8(6)11)17(19)20/h2-5H,11H2,1H3,(H,12,18)(H,13,14,15,16). The van der Waals surface area contributed by atoms with E-state index in [0.717, 1.165) is 0 Å². The first-order valence-corrected chi connectivity index (χ1v) is 5.57. The van der Waals surface area contributed by atoms with E-state index >= 15 is 0 Å². The first-order chi connectivity index (χ1) is 9.50. The van der Waals surface area contributed by atoms with E-state index in [4.69, 9.17) is 5.73 Å². The molecule has 1 unspecified atom stereocenters. The van der Waals surface area contributed by atoms with Crippen LogP contribution in [0.5, 0.6) is 0 Å². The molecule has 0 aliphatic rings. The van der Waals surface area contributed by atoms with E-state index in [9.17, 15) is 14.9 Å². The van der Waals surface area contributed by atoms with Crippen LogP contribution in [-0.4, -0.2) is 31.5 Å². The number of nitrogens with two attached hydrogens (primary N) is 1. The van der Waals surface area contributed by atoms with Crippen molar-refractivity contribution in [1.82, 2.24) is 25.9 Å². The monoisotopic (exact) mass is 277 g/mol. The molecule has 1 amide bonds. The second kappa shape index (κ2) is 5.30. The summed E-state index contributed by atoms with van der Waals surface area (Å²) in [7, 11) is 0. The van der Waals surface area contributed by atoms with Gasteiger partial charge in [0, 0.05) is 6.07 Å². The molecule has 4 N–H and O–H groups in total. The summed E-state index contributed by atoms with van der Waals surface area (Å²) in [5, 5.41) is 26.4. The predicted molar refractivity (Wildman–Crippen MR) is 67.6 cm³/mol. The fourth-order valence-electron chi connectivity index (χ4n) is 1.60. The fourth-order valence-corrected chi connectivity index (χ4v) is 1.60. The summed E-state index contributed by atoms with van der Waals surface area (Å²) in [5.41, 5.74) is 5.15. The van der Waals surface area contributed by atoms with Crippen LogP contribution in [0.3, 0.4) is 0 Å². The molecule has 1 heterocycles. The van der Waals surface area contributed by atoms with Crippen molar-refractivity contribution in [3.63, 3.8) is 0 Å². The average Bonchev–Trinajstić information content (AvgIpc) is 2.92. The molecule has 0 saturated heterocycles. The number of aromatic nitrogens is 4. The molecule has 0 fully saturated rings. The number of H-pyrrole nitrogens is 1. The lowest BCUT2D eigenvalue weighted by molar-refractivity contribution is -0.383. The lowest BCUT2D eigenvalue weighted by atomic mass is 10.1. The van der Waals surface area contributed by atoms with Gasteiger partial charge in [0.2, 0.25) is 0 Å². The number of para-hydroxylation sites is 1. The van der Waals surface area contributed by atoms with Crippen LogP contribution in [0, 0.1) is 10.1 Å². The Kier molecular flexibility index (Phi) is 3.55. The highest BCUT2D eigenvalue weighted by Crippen LogP contribution is 2.25. The number of benzene rings is 1. The topological polar surface area (TPSA) is 153 Å². The SMILES string of the molecule is CC(NC(=O)c1cccc([N+](=O)[O-])c1N)c1nn[nH]n1. The molecule has 0 aliphatic heterocycles. The van der Waals surface area contributed by atoms with Gasteiger partial charge in [0.05, 0.1) is 16.5 Å². The van der Waals surface area contributed by atoms with Crippen molar-refractivity contribution in [2.45, 2.75) is 13.0 Å². The van der Waals surface area contributed by atoms with Crippen molar-refractivity contribution < 1.29 is 9.72 Å². The zero-order valence-corrected chi connectivity index (χ0v) is 10.4. The summed E-state index contributed by atoms with van der Waals surface area (Å²) in [6.45, 7) is 1.65. The third-order valence-electron chi connectivity index (χ3n) is 2.62. The molecule has 1 aromatic carbocycles. The number of anilines is 1. The second-order valence-electron chi connectivity index (χ2n) is 3.96. The van der Waals surface area contributed by atoms with Crippen molar-refractivity contribution >= 4 is 17.3 Å². The van der Waals surface area contributed by atoms with Crippen LogP contribution >= 0.6 is 0 Å². The van der Waals surface area contributed by atoms with Crippen LogP contribution in [0.4, 0.5) is 11.4 Å². The molecule has 0 radical (unpaired) electrons. The smallest absolute Gasteiger partial charge is 0.292 e. The summed E-state index contributed by atoms with van der Waals surface area (Å²) < 4.78 is 0. The van der Waals surface area contributed by atoms with Gasteiger partial charge in [-0.25, -0.2) is 0 Å². The third-order valence-corrected chi connectivity index (χ3v) is 2.62. The van der Waals surface area contributed by atoms with Crippen LogP contribution in [0.15, 0.2) is 18.2 Å². The third kappa shape index (κ3) is 2.53. The zero-order valence-electron chi connectivity index (χ0n) is 10.4. The van der Waals surface area contributed by atoms with Crippen molar-refractivity contribution in [3.8, 4) is 0 Å². The average molecular weight is 277 g/mol. The number of nitrogens with zero attached hydrogens (tertiary/aromatic N) is 4. The van der Waals surface area contributed by atoms with E-state index in [1.807, 2.05) is 0 Å². The van der Waals surface area contributed by atoms with Crippen LogP contribution in [0.1, 0.15) is 29.1 Å². The highest BCUT2D eigenvalue weighted by atomic mass is 16.6. The number of nitrogens with one attached hydrogen (secondary N) is 2. The molecular weight excluding hydrogens is 266 g/mol. The van der Waals surface area contributed by atoms with E-state index in [1.165, 1.54) is 18.2 Å². The number of nitro benzene ring substituents is 1. The first kappa shape index (κ1) is 13.4. The van der Waals surface area contributed by atoms with E-state index in [-0.39, 0.29) is 16.9 Å². The quantitative estimate of drug-likeness (QED) is 0.409. The number of carbonyl (C=O) groups excluding carboxylic acids is 1. The number of rotatable bonds is 4. The number of tetrazole rings is 1. The van der Waals surface area contributed by atoms with Gasteiger partial charge in [-0.05, 0) is 13.0 Å². The summed E-state index contributed by atoms with van der Waals surface area (Å²) in [6.07, 6.45) is 0. The summed E-state index contributed by atoms with van der Waals surface area (Å²) in [4.78, 5) is 22.2. The Balaban J connectivity index is 2.22. The summed E-state index contributed by atoms with van der Waals surface area (Å²) in [5.74, 6) is -0.258. The maximum absolute atomic E-state index is 12.0. The van der Waals surface area contributed by atoms with Gasteiger partial charge in [-0.15, -0.1) is 10.2 Å². The van der Waals surface area contributed by atoms with Gasteiger partial charge in [0.15, 0.2) is 5.82 Å². The maximum atomic E-state index is 12.0. The van der Waals surface area contributed by atoms with Crippen molar-refractivity contribution in [2.75, 3.05) is 5.73 Å². The molecule has 10 heteroatoms. The molecule has 10 nitrogen and oxygen atoms in total. The number of nitro groups is 1. The molecule has 0 saturated carbocycles. The van der Waals surface area contributed by atoms with Gasteiger partial charge in [0.1, 0.15) is 5.69 Å². The Morgan fingerprint density at radius 3 is 2.90 bits per heavy atom. The molecule has 0 bridgehead atoms. The highest BCUT2D eigenvalue weighted by Gasteiger charge is 2.21. The minimum absolute atomic E-state index is 0.0227. The van der Waals surface area contributed by atoms with Crippen molar-refractivity contribution in [3.05, 3.63) is 39.7 Å². The molecule has 2 aromatic rings. The van der Waals surface area contributed by atoms with Crippen LogP contribution < -0.4 is 11.1 Å². The number of aromatic amines is 1. The molecule has 1 aromatic heterocycles. The normalized spacial score (nSPS) is 11.8. The zero-order chi connectivity index (χ0) is 14.7. The van der Waals surface area contributed by atoms with Crippen LogP contribution in [0.2, 0.25) is 0 Å². The van der Waals surface area contributed by atoms with Gasteiger partial charge >= 0.3 is 0 Å². The second-order valence-corrected chi connectivity index (χ2v) is 3.96. The lowest BCUT2D eigenvalue weighted by Gasteiger charge is -2.11. The molecule has 2 rings (SSSR count). The van der Waals surface area contributed by atoms with E-state index in [2.05, 4.69) is 25.9 Å². The number of nitrogen functional groups attached to an aromatic ring is 1. The van der Waals surface area contributed by atoms with Gasteiger partial charge in [-0.2, -0.15) is 5.21 Å². The van der Waals surface area contributed by atoms with E-state index in [1.54, 1.807) is 6.92 Å². The summed E-state index contributed by atoms with van der Waals surface area (Å²) in [6, 6.07) is 3.51. The molecule has 0 aliphatic carbocycles. The predicted octanol–water partition coefficient (Wildman–Crippen LogP) is 0.181. The highest BCUT2D eigenvalue weighted by molar-refractivity contribution is 6.01. The number of carbonyl (C=O) groups is 1. The Labute approximate surface area is 112 Å². The lowest BCUT2D eigenvalue weighted by Crippen LogP contribution is -2.28. The Hall–Kier alpha value is -3.04. The molecule has 104 valence electrons. The molecular formula is C10H11N7O3. The van der Waals surface area contributed by atoms with E-state index < -0.39 is 16.9 Å². The Bertz CT molecular complexity index is 640. The van der Waals surface area contributed by atoms with Gasteiger partial charge in [0.25, 0.3) is 11.6 Å². The molecule has 1 atom stereocenters. The van der Waals surface area contributed by atoms with Crippen LogP contribution in [0.25, 0.3) is 0 Å². The van der Waals surface area contributed by atoms with Gasteiger partial charge < -0.3 is 11.1 Å². The summed E-state index contributed by atoms with van der Waals surface area (Å²) >= 11 is 0. The Morgan fingerprint density at radius 2 is 2.30 bits per heavy atom. The van der Waals surface area contributed by atoms with Crippen molar-refractivity contribution in [2.24, 2.45) is 0 Å². The molecule has 0 spiro atoms. The van der Waals surface area contributed by atoms with E-state index in [0.29, 0.717) is 5.82 Å². The minimum atomic E-state index is -0.644. The Morgan fingerprint density at radius 1 is 1.55 bits per heavy atom. The largest absolute Gasteiger partial charge is 0.393 e. The van der Waals surface area contributed by atoms with Crippen molar-refractivity contribution in [1.29, 1.82) is 0 Å². The van der Waals surface area contributed by atoms with Gasteiger partial charge in [-0.1, -0.05) is 11.3 Å². The number of hydrogen-bond acceptors (Lipinski definition) is 7.